The molecule has 0 aliphatic heterocycles. The van der Waals surface area contributed by atoms with Crippen LogP contribution in [0.15, 0.2) is 29.0 Å². The van der Waals surface area contributed by atoms with E-state index in [2.05, 4.69) is 10.3 Å². The van der Waals surface area contributed by atoms with E-state index in [0.29, 0.717) is 17.3 Å². The highest BCUT2D eigenvalue weighted by atomic mass is 35.5. The zero-order chi connectivity index (χ0) is 12.3. The Labute approximate surface area is 108 Å². The second-order valence-electron chi connectivity index (χ2n) is 3.62. The Morgan fingerprint density at radius 1 is 1.47 bits per heavy atom. The molecule has 0 bridgehead atoms. The second kappa shape index (κ2) is 5.29. The number of nitrogens with zero attached hydrogens (tertiary/aromatic N) is 1. The first-order valence-electron chi connectivity index (χ1n) is 5.09. The molecular formula is C12H11ClN2OS. The van der Waals surface area contributed by atoms with Crippen LogP contribution in [0.4, 0.5) is 5.69 Å². The van der Waals surface area contributed by atoms with Crippen LogP contribution in [0.1, 0.15) is 11.3 Å². The van der Waals surface area contributed by atoms with Crippen molar-refractivity contribution >= 4 is 34.5 Å². The van der Waals surface area contributed by atoms with E-state index in [9.17, 15) is 4.79 Å². The molecule has 0 aliphatic rings. The summed E-state index contributed by atoms with van der Waals surface area (Å²) >= 11 is 7.33. The Morgan fingerprint density at radius 3 is 2.94 bits per heavy atom. The van der Waals surface area contributed by atoms with Gasteiger partial charge in [-0.15, -0.1) is 0 Å². The van der Waals surface area contributed by atoms with E-state index in [-0.39, 0.29) is 5.91 Å². The van der Waals surface area contributed by atoms with Gasteiger partial charge in [0.2, 0.25) is 5.91 Å². The van der Waals surface area contributed by atoms with Gasteiger partial charge in [0.1, 0.15) is 5.15 Å². The number of hydrogen-bond donors (Lipinski definition) is 1. The van der Waals surface area contributed by atoms with Crippen molar-refractivity contribution in [3.8, 4) is 0 Å². The van der Waals surface area contributed by atoms with Crippen LogP contribution in [-0.4, -0.2) is 10.9 Å². The van der Waals surface area contributed by atoms with Crippen molar-refractivity contribution in [3.05, 3.63) is 45.4 Å². The Kier molecular flexibility index (Phi) is 3.76. The van der Waals surface area contributed by atoms with Gasteiger partial charge in [0.15, 0.2) is 0 Å². The molecule has 0 spiro atoms. The Hall–Kier alpha value is -1.39. The first kappa shape index (κ1) is 12.1. The first-order chi connectivity index (χ1) is 8.15. The van der Waals surface area contributed by atoms with Crippen LogP contribution in [0, 0.1) is 6.92 Å². The number of thiophene rings is 1. The number of carbonyl (C=O) groups excluding carboxylic acids is 1. The van der Waals surface area contributed by atoms with Crippen LogP contribution >= 0.6 is 22.9 Å². The minimum absolute atomic E-state index is 0.0457. The summed E-state index contributed by atoms with van der Waals surface area (Å²) in [6.45, 7) is 1.81. The number of halogens is 1. The van der Waals surface area contributed by atoms with Crippen molar-refractivity contribution in [2.75, 3.05) is 5.32 Å². The van der Waals surface area contributed by atoms with Gasteiger partial charge in [-0.25, -0.2) is 4.98 Å². The van der Waals surface area contributed by atoms with Crippen molar-refractivity contribution in [1.29, 1.82) is 0 Å². The van der Waals surface area contributed by atoms with Gasteiger partial charge in [-0.1, -0.05) is 11.6 Å². The summed E-state index contributed by atoms with van der Waals surface area (Å²) in [5.74, 6) is -0.0457. The number of aromatic nitrogens is 1. The van der Waals surface area contributed by atoms with Gasteiger partial charge in [0, 0.05) is 0 Å². The topological polar surface area (TPSA) is 42.0 Å². The number of aryl methyl sites for hydroxylation is 1. The lowest BCUT2D eigenvalue weighted by atomic mass is 10.2. The van der Waals surface area contributed by atoms with Gasteiger partial charge >= 0.3 is 0 Å². The fraction of sp³-hybridized carbons (Fsp3) is 0.167. The molecule has 0 atom stereocenters. The molecule has 0 saturated heterocycles. The minimum Gasteiger partial charge on any atom is -0.324 e. The fourth-order valence-electron chi connectivity index (χ4n) is 1.44. The molecule has 88 valence electrons. The number of rotatable bonds is 3. The highest BCUT2D eigenvalue weighted by molar-refractivity contribution is 7.08. The number of carbonyl (C=O) groups is 1. The van der Waals surface area contributed by atoms with Crippen LogP contribution in [0.2, 0.25) is 5.15 Å². The van der Waals surface area contributed by atoms with E-state index in [1.165, 1.54) is 0 Å². The summed E-state index contributed by atoms with van der Waals surface area (Å²) in [7, 11) is 0. The van der Waals surface area contributed by atoms with Gasteiger partial charge in [0.05, 0.1) is 17.8 Å². The molecule has 2 rings (SSSR count). The van der Waals surface area contributed by atoms with Crippen molar-refractivity contribution in [2.45, 2.75) is 13.3 Å². The van der Waals surface area contributed by atoms with Gasteiger partial charge < -0.3 is 5.32 Å². The zero-order valence-electron chi connectivity index (χ0n) is 9.24. The predicted molar refractivity (Wildman–Crippen MR) is 70.6 cm³/mol. The number of nitrogens with one attached hydrogen (secondary N) is 1. The average molecular weight is 267 g/mol. The quantitative estimate of drug-likeness (QED) is 0.867. The van der Waals surface area contributed by atoms with Gasteiger partial charge in [0.25, 0.3) is 0 Å². The summed E-state index contributed by atoms with van der Waals surface area (Å²) in [5.41, 5.74) is 2.44. The molecule has 0 fully saturated rings. The summed E-state index contributed by atoms with van der Waals surface area (Å²) in [6, 6.07) is 5.36. The number of amides is 1. The van der Waals surface area contributed by atoms with Crippen LogP contribution in [0.25, 0.3) is 0 Å². The number of anilines is 1. The van der Waals surface area contributed by atoms with Gasteiger partial charge in [-0.05, 0) is 41.4 Å². The molecule has 2 heterocycles. The lowest BCUT2D eigenvalue weighted by Gasteiger charge is -2.07. The highest BCUT2D eigenvalue weighted by Crippen LogP contribution is 2.16. The monoisotopic (exact) mass is 266 g/mol. The Bertz CT molecular complexity index is 525. The molecule has 0 saturated carbocycles. The summed E-state index contributed by atoms with van der Waals surface area (Å²) < 4.78 is 0. The average Bonchev–Trinajstić information content (AvgIpc) is 2.75. The highest BCUT2D eigenvalue weighted by Gasteiger charge is 2.07. The van der Waals surface area contributed by atoms with Crippen LogP contribution in [0.5, 0.6) is 0 Å². The summed E-state index contributed by atoms with van der Waals surface area (Å²) in [4.78, 5) is 15.8. The molecule has 17 heavy (non-hydrogen) atoms. The molecular weight excluding hydrogens is 256 g/mol. The van der Waals surface area contributed by atoms with E-state index in [1.807, 2.05) is 23.8 Å². The maximum Gasteiger partial charge on any atom is 0.228 e. The summed E-state index contributed by atoms with van der Waals surface area (Å²) in [5, 5.41) is 7.17. The third-order valence-corrected chi connectivity index (χ3v) is 3.21. The minimum atomic E-state index is -0.0457. The lowest BCUT2D eigenvalue weighted by molar-refractivity contribution is -0.115. The third-order valence-electron chi connectivity index (χ3n) is 2.27. The smallest absolute Gasteiger partial charge is 0.228 e. The van der Waals surface area contributed by atoms with Crippen LogP contribution in [-0.2, 0) is 11.2 Å². The molecule has 0 radical (unpaired) electrons. The largest absolute Gasteiger partial charge is 0.324 e. The summed E-state index contributed by atoms with van der Waals surface area (Å²) in [6.07, 6.45) is 0.381. The van der Waals surface area contributed by atoms with Crippen molar-refractivity contribution in [2.24, 2.45) is 0 Å². The molecule has 0 unspecified atom stereocenters. The van der Waals surface area contributed by atoms with E-state index in [4.69, 9.17) is 11.6 Å². The zero-order valence-corrected chi connectivity index (χ0v) is 10.8. The maximum atomic E-state index is 11.7. The number of hydrogen-bond acceptors (Lipinski definition) is 3. The fourth-order valence-corrected chi connectivity index (χ4v) is 2.29. The van der Waals surface area contributed by atoms with Gasteiger partial charge in [-0.2, -0.15) is 11.3 Å². The second-order valence-corrected chi connectivity index (χ2v) is 4.79. The molecule has 2 aromatic heterocycles. The van der Waals surface area contributed by atoms with Crippen molar-refractivity contribution in [1.82, 2.24) is 4.98 Å². The van der Waals surface area contributed by atoms with E-state index < -0.39 is 0 Å². The lowest BCUT2D eigenvalue weighted by Crippen LogP contribution is -2.15. The number of pyridine rings is 1. The molecule has 1 amide bonds. The first-order valence-corrected chi connectivity index (χ1v) is 6.41. The van der Waals surface area contributed by atoms with Crippen LogP contribution < -0.4 is 5.32 Å². The standard InChI is InChI=1S/C12H11ClN2OS/c1-8-10(2-3-11(13)14-8)15-12(16)6-9-4-5-17-7-9/h2-5,7H,6H2,1H3,(H,15,16). The van der Waals surface area contributed by atoms with Gasteiger partial charge in [-0.3, -0.25) is 4.79 Å². The molecule has 0 aromatic carbocycles. The predicted octanol–water partition coefficient (Wildman–Crippen LogP) is 3.29. The molecule has 5 heteroatoms. The molecule has 1 N–H and O–H groups in total. The van der Waals surface area contributed by atoms with Crippen molar-refractivity contribution < 1.29 is 4.79 Å². The van der Waals surface area contributed by atoms with E-state index in [1.54, 1.807) is 23.5 Å². The Balaban J connectivity index is 2.03. The third kappa shape index (κ3) is 3.28. The normalized spacial score (nSPS) is 10.2. The molecule has 0 aliphatic carbocycles. The van der Waals surface area contributed by atoms with Crippen molar-refractivity contribution in [3.63, 3.8) is 0 Å². The molecule has 3 nitrogen and oxygen atoms in total. The Morgan fingerprint density at radius 2 is 2.29 bits per heavy atom. The van der Waals surface area contributed by atoms with E-state index >= 15 is 0 Å². The van der Waals surface area contributed by atoms with Crippen LogP contribution in [0.3, 0.4) is 0 Å². The maximum absolute atomic E-state index is 11.7. The molecule has 2 aromatic rings. The SMILES string of the molecule is Cc1nc(Cl)ccc1NC(=O)Cc1ccsc1. The van der Waals surface area contributed by atoms with E-state index in [0.717, 1.165) is 11.3 Å².